The summed E-state index contributed by atoms with van der Waals surface area (Å²) >= 11 is 0. The van der Waals surface area contributed by atoms with Gasteiger partial charge in [0, 0.05) is 0 Å². The molecule has 9 aromatic rings. The van der Waals surface area contributed by atoms with E-state index in [9.17, 15) is 0 Å². The van der Waals surface area contributed by atoms with Crippen LogP contribution in [0.3, 0.4) is 0 Å². The van der Waals surface area contributed by atoms with E-state index in [1.807, 2.05) is 0 Å². The van der Waals surface area contributed by atoms with Gasteiger partial charge in [-0.25, -0.2) is 0 Å². The highest BCUT2D eigenvalue weighted by molar-refractivity contribution is 6.43. The van der Waals surface area contributed by atoms with Gasteiger partial charge in [0.2, 0.25) is 0 Å². The molecule has 0 radical (unpaired) electrons. The van der Waals surface area contributed by atoms with Crippen LogP contribution in [0.2, 0.25) is 0 Å². The van der Waals surface area contributed by atoms with Crippen molar-refractivity contribution in [2.75, 3.05) is 0 Å². The van der Waals surface area contributed by atoms with Crippen molar-refractivity contribution in [3.05, 3.63) is 97.1 Å². The fraction of sp³-hybridized carbons (Fsp3) is 0. The molecule has 9 rings (SSSR count). The molecule has 0 spiro atoms. The minimum absolute atomic E-state index is 1.32. The summed E-state index contributed by atoms with van der Waals surface area (Å²) in [6.07, 6.45) is 0. The summed E-state index contributed by atoms with van der Waals surface area (Å²) in [5.74, 6) is 0. The first-order valence-electron chi connectivity index (χ1n) is 11.3. The van der Waals surface area contributed by atoms with E-state index >= 15 is 0 Å². The van der Waals surface area contributed by atoms with E-state index in [1.54, 1.807) is 0 Å². The van der Waals surface area contributed by atoms with Crippen molar-refractivity contribution in [2.45, 2.75) is 0 Å². The Balaban J connectivity index is 1.71. The summed E-state index contributed by atoms with van der Waals surface area (Å²) in [5, 5.41) is 21.9. The van der Waals surface area contributed by atoms with Crippen molar-refractivity contribution in [1.29, 1.82) is 0 Å². The van der Waals surface area contributed by atoms with E-state index in [2.05, 4.69) is 97.1 Å². The summed E-state index contributed by atoms with van der Waals surface area (Å²) in [7, 11) is 0. The predicted octanol–water partition coefficient (Wildman–Crippen LogP) is 9.23. The molecule has 0 nitrogen and oxygen atoms in total. The maximum absolute atomic E-state index is 2.45. The highest BCUT2D eigenvalue weighted by Gasteiger charge is 2.20. The fourth-order valence-corrected chi connectivity index (χ4v) is 6.59. The maximum atomic E-state index is 2.45. The van der Waals surface area contributed by atoms with Gasteiger partial charge in [-0.1, -0.05) is 84.9 Å². The molecule has 0 aliphatic heterocycles. The summed E-state index contributed by atoms with van der Waals surface area (Å²) in [5.41, 5.74) is 0. The standard InChI is InChI=1S/C32H16/c1-3-18-9-12-23-24-14-11-21-15-20-6-2-5-17-7-8-22-16-26(32(24)30(21)29(22)28(17)20)25-13-10-19(4-1)27(18)31(23)25/h1-16H. The van der Waals surface area contributed by atoms with Gasteiger partial charge >= 0.3 is 0 Å². The molecule has 9 aromatic carbocycles. The first kappa shape index (κ1) is 15.6. The minimum atomic E-state index is 1.32. The summed E-state index contributed by atoms with van der Waals surface area (Å²) in [6.45, 7) is 0. The second-order valence-electron chi connectivity index (χ2n) is 9.31. The SMILES string of the molecule is c1cc2ccc3c4ccc5cc6cccc7ccc8cc(c9ccc(c1)c2c39)c4c5c8c76. The third-order valence-corrected chi connectivity index (χ3v) is 7.83. The Hall–Kier alpha value is -4.16. The first-order valence-corrected chi connectivity index (χ1v) is 11.3. The zero-order chi connectivity index (χ0) is 20.6. The van der Waals surface area contributed by atoms with E-state index in [-0.39, 0.29) is 0 Å². The van der Waals surface area contributed by atoms with Crippen LogP contribution in [0.25, 0.3) is 86.2 Å². The van der Waals surface area contributed by atoms with Gasteiger partial charge in [-0.2, -0.15) is 0 Å². The number of hydrogen-bond acceptors (Lipinski definition) is 0. The second kappa shape index (κ2) is 5.00. The lowest BCUT2D eigenvalue weighted by Gasteiger charge is -2.20. The Kier molecular flexibility index (Phi) is 2.44. The lowest BCUT2D eigenvalue weighted by Crippen LogP contribution is -1.92. The monoisotopic (exact) mass is 400 g/mol. The number of fused-ring (bicyclic) bond motifs is 2. The van der Waals surface area contributed by atoms with E-state index in [0.717, 1.165) is 0 Å². The van der Waals surface area contributed by atoms with Crippen LogP contribution in [-0.2, 0) is 0 Å². The molecule has 0 aliphatic carbocycles. The van der Waals surface area contributed by atoms with Gasteiger partial charge in [0.15, 0.2) is 0 Å². The average Bonchev–Trinajstić information content (AvgIpc) is 2.85. The lowest BCUT2D eigenvalue weighted by atomic mass is 9.82. The van der Waals surface area contributed by atoms with Crippen LogP contribution in [0.15, 0.2) is 97.1 Å². The Morgan fingerprint density at radius 1 is 0.250 bits per heavy atom. The van der Waals surface area contributed by atoms with Gasteiger partial charge in [0.05, 0.1) is 0 Å². The highest BCUT2D eigenvalue weighted by Crippen LogP contribution is 2.48. The molecule has 32 heavy (non-hydrogen) atoms. The molecule has 0 bridgehead atoms. The molecule has 0 aromatic heterocycles. The van der Waals surface area contributed by atoms with Crippen LogP contribution in [0, 0.1) is 0 Å². The largest absolute Gasteiger partial charge is 0.0610 e. The van der Waals surface area contributed by atoms with Crippen LogP contribution in [0.5, 0.6) is 0 Å². The smallest absolute Gasteiger partial charge is 0.00137 e. The summed E-state index contributed by atoms with van der Waals surface area (Å²) < 4.78 is 0. The Bertz CT molecular complexity index is 2150. The number of rotatable bonds is 0. The van der Waals surface area contributed by atoms with Crippen LogP contribution in [-0.4, -0.2) is 0 Å². The molecule has 0 fully saturated rings. The van der Waals surface area contributed by atoms with Crippen LogP contribution < -0.4 is 0 Å². The molecule has 144 valence electrons. The van der Waals surface area contributed by atoms with Crippen LogP contribution >= 0.6 is 0 Å². The predicted molar refractivity (Wildman–Crippen MR) is 140 cm³/mol. The van der Waals surface area contributed by atoms with Gasteiger partial charge in [-0.15, -0.1) is 0 Å². The zero-order valence-electron chi connectivity index (χ0n) is 17.2. The van der Waals surface area contributed by atoms with E-state index in [0.29, 0.717) is 0 Å². The van der Waals surface area contributed by atoms with Crippen molar-refractivity contribution < 1.29 is 0 Å². The molecule has 0 aliphatic rings. The van der Waals surface area contributed by atoms with Gasteiger partial charge < -0.3 is 0 Å². The zero-order valence-corrected chi connectivity index (χ0v) is 17.2. The summed E-state index contributed by atoms with van der Waals surface area (Å²) in [6, 6.07) is 36.7. The minimum Gasteiger partial charge on any atom is -0.0610 e. The Labute approximate surface area is 183 Å². The summed E-state index contributed by atoms with van der Waals surface area (Å²) in [4.78, 5) is 0. The molecule has 0 unspecified atom stereocenters. The number of hydrogen-bond donors (Lipinski definition) is 0. The first-order chi connectivity index (χ1) is 15.9. The fourth-order valence-electron chi connectivity index (χ4n) is 6.59. The average molecular weight is 400 g/mol. The quantitative estimate of drug-likeness (QED) is 0.176. The van der Waals surface area contributed by atoms with Gasteiger partial charge in [0.25, 0.3) is 0 Å². The highest BCUT2D eigenvalue weighted by atomic mass is 14.2. The van der Waals surface area contributed by atoms with Crippen molar-refractivity contribution in [1.82, 2.24) is 0 Å². The van der Waals surface area contributed by atoms with Crippen molar-refractivity contribution in [3.63, 3.8) is 0 Å². The molecule has 0 N–H and O–H groups in total. The number of benzene rings is 9. The third kappa shape index (κ3) is 1.60. The lowest BCUT2D eigenvalue weighted by molar-refractivity contribution is 1.80. The topological polar surface area (TPSA) is 0 Å². The molecule has 0 heteroatoms. The van der Waals surface area contributed by atoms with Crippen molar-refractivity contribution in [3.8, 4) is 0 Å². The van der Waals surface area contributed by atoms with Crippen molar-refractivity contribution >= 4 is 86.2 Å². The van der Waals surface area contributed by atoms with Gasteiger partial charge in [-0.05, 0) is 98.3 Å². The third-order valence-electron chi connectivity index (χ3n) is 7.83. The van der Waals surface area contributed by atoms with Crippen LogP contribution in [0.4, 0.5) is 0 Å². The van der Waals surface area contributed by atoms with Gasteiger partial charge in [0.1, 0.15) is 0 Å². The maximum Gasteiger partial charge on any atom is -0.00137 e. The van der Waals surface area contributed by atoms with E-state index < -0.39 is 0 Å². The Morgan fingerprint density at radius 2 is 0.656 bits per heavy atom. The molecular weight excluding hydrogens is 384 g/mol. The van der Waals surface area contributed by atoms with Gasteiger partial charge in [-0.3, -0.25) is 0 Å². The van der Waals surface area contributed by atoms with Crippen molar-refractivity contribution in [2.24, 2.45) is 0 Å². The van der Waals surface area contributed by atoms with E-state index in [1.165, 1.54) is 86.2 Å². The molecule has 0 amide bonds. The second-order valence-corrected chi connectivity index (χ2v) is 9.31. The molecule has 0 saturated heterocycles. The molecule has 0 saturated carbocycles. The molecular formula is C32H16. The Morgan fingerprint density at radius 3 is 1.38 bits per heavy atom. The van der Waals surface area contributed by atoms with Crippen LogP contribution in [0.1, 0.15) is 0 Å². The molecule has 0 heterocycles. The molecule has 0 atom stereocenters. The van der Waals surface area contributed by atoms with E-state index in [4.69, 9.17) is 0 Å². The normalized spacial score (nSPS) is 13.0.